The molecule has 1 saturated carbocycles. The molecule has 0 unspecified atom stereocenters. The van der Waals surface area contributed by atoms with Gasteiger partial charge in [-0.1, -0.05) is 34.8 Å². The van der Waals surface area contributed by atoms with Crippen LogP contribution in [0.1, 0.15) is 12.8 Å². The fourth-order valence-corrected chi connectivity index (χ4v) is 1.81. The lowest BCUT2D eigenvalue weighted by Gasteiger charge is -2.06. The van der Waals surface area contributed by atoms with Crippen LogP contribution in [0.4, 0.5) is 5.69 Å². The van der Waals surface area contributed by atoms with Crippen molar-refractivity contribution in [2.24, 2.45) is 5.92 Å². The molecular weight excluding hydrogens is 256 g/mol. The van der Waals surface area contributed by atoms with Gasteiger partial charge in [-0.15, -0.1) is 0 Å². The molecule has 1 aromatic rings. The highest BCUT2D eigenvalue weighted by Gasteiger charge is 2.29. The summed E-state index contributed by atoms with van der Waals surface area (Å²) in [6, 6.07) is 3.19. The zero-order valence-corrected chi connectivity index (χ0v) is 9.96. The SMILES string of the molecule is O=C(Nc1cc(Cl)c(Cl)c(Cl)c1)C1CC1. The van der Waals surface area contributed by atoms with Crippen molar-refractivity contribution in [3.63, 3.8) is 0 Å². The topological polar surface area (TPSA) is 29.1 Å². The third-order valence-electron chi connectivity index (χ3n) is 2.20. The van der Waals surface area contributed by atoms with Gasteiger partial charge in [0.2, 0.25) is 5.91 Å². The van der Waals surface area contributed by atoms with E-state index < -0.39 is 0 Å². The molecule has 2 nitrogen and oxygen atoms in total. The predicted molar refractivity (Wildman–Crippen MR) is 62.8 cm³/mol. The molecule has 0 saturated heterocycles. The number of amides is 1. The second-order valence-corrected chi connectivity index (χ2v) is 4.71. The summed E-state index contributed by atoms with van der Waals surface area (Å²) >= 11 is 17.4. The van der Waals surface area contributed by atoms with Crippen molar-refractivity contribution in [3.05, 3.63) is 27.2 Å². The summed E-state index contributed by atoms with van der Waals surface area (Å²) in [4.78, 5) is 11.5. The number of halogens is 3. The van der Waals surface area contributed by atoms with Crippen LogP contribution in [-0.4, -0.2) is 5.91 Å². The van der Waals surface area contributed by atoms with Crippen molar-refractivity contribution < 1.29 is 4.79 Å². The Hall–Kier alpha value is -0.440. The first-order chi connectivity index (χ1) is 7.08. The largest absolute Gasteiger partial charge is 0.326 e. The number of carbonyl (C=O) groups excluding carboxylic acids is 1. The zero-order valence-electron chi connectivity index (χ0n) is 7.69. The Morgan fingerprint density at radius 3 is 2.20 bits per heavy atom. The Morgan fingerprint density at radius 2 is 1.73 bits per heavy atom. The maximum Gasteiger partial charge on any atom is 0.227 e. The normalized spacial score (nSPS) is 15.1. The molecule has 0 radical (unpaired) electrons. The average molecular weight is 265 g/mol. The van der Waals surface area contributed by atoms with E-state index in [0.717, 1.165) is 12.8 Å². The second-order valence-electron chi connectivity index (χ2n) is 3.52. The van der Waals surface area contributed by atoms with Crippen LogP contribution in [0.15, 0.2) is 12.1 Å². The van der Waals surface area contributed by atoms with E-state index in [1.807, 2.05) is 0 Å². The molecule has 1 aliphatic rings. The van der Waals surface area contributed by atoms with Crippen molar-refractivity contribution in [2.45, 2.75) is 12.8 Å². The lowest BCUT2D eigenvalue weighted by Crippen LogP contribution is -2.13. The minimum atomic E-state index is 0.0180. The predicted octanol–water partition coefficient (Wildman–Crippen LogP) is 4.00. The molecule has 1 aromatic carbocycles. The van der Waals surface area contributed by atoms with E-state index in [-0.39, 0.29) is 11.8 Å². The third kappa shape index (κ3) is 2.57. The van der Waals surface area contributed by atoms with Crippen LogP contribution in [0.25, 0.3) is 0 Å². The number of hydrogen-bond donors (Lipinski definition) is 1. The standard InChI is InChI=1S/C10H8Cl3NO/c11-7-3-6(4-8(12)9(7)13)14-10(15)5-1-2-5/h3-5H,1-2H2,(H,14,15). The summed E-state index contributed by atoms with van der Waals surface area (Å²) in [5, 5.41) is 3.74. The van der Waals surface area contributed by atoms with E-state index in [4.69, 9.17) is 34.8 Å². The Labute approximate surface area is 103 Å². The molecule has 1 amide bonds. The fraction of sp³-hybridized carbons (Fsp3) is 0.300. The third-order valence-corrected chi connectivity index (χ3v) is 3.40. The molecule has 80 valence electrons. The van der Waals surface area contributed by atoms with Gasteiger partial charge in [-0.3, -0.25) is 4.79 Å². The van der Waals surface area contributed by atoms with Gasteiger partial charge in [0.25, 0.3) is 0 Å². The monoisotopic (exact) mass is 263 g/mol. The van der Waals surface area contributed by atoms with Crippen LogP contribution in [0.3, 0.4) is 0 Å². The lowest BCUT2D eigenvalue weighted by molar-refractivity contribution is -0.117. The Bertz CT molecular complexity index is 392. The van der Waals surface area contributed by atoms with Crippen molar-refractivity contribution in [1.29, 1.82) is 0 Å². The molecule has 2 rings (SSSR count). The summed E-state index contributed by atoms with van der Waals surface area (Å²) in [5.41, 5.74) is 0.589. The van der Waals surface area contributed by atoms with E-state index in [9.17, 15) is 4.79 Å². The maximum absolute atomic E-state index is 11.5. The van der Waals surface area contributed by atoms with Crippen molar-refractivity contribution >= 4 is 46.4 Å². The van der Waals surface area contributed by atoms with E-state index in [1.165, 1.54) is 0 Å². The van der Waals surface area contributed by atoms with Gasteiger partial charge in [0.1, 0.15) is 0 Å². The first-order valence-corrected chi connectivity index (χ1v) is 5.66. The number of nitrogens with one attached hydrogen (secondary N) is 1. The van der Waals surface area contributed by atoms with Gasteiger partial charge in [-0.25, -0.2) is 0 Å². The highest BCUT2D eigenvalue weighted by molar-refractivity contribution is 6.48. The van der Waals surface area contributed by atoms with E-state index >= 15 is 0 Å². The Morgan fingerprint density at radius 1 is 1.20 bits per heavy atom. The van der Waals surface area contributed by atoms with Gasteiger partial charge < -0.3 is 5.32 Å². The molecule has 1 N–H and O–H groups in total. The van der Waals surface area contributed by atoms with E-state index in [2.05, 4.69) is 5.32 Å². The summed E-state index contributed by atoms with van der Waals surface area (Å²) in [5.74, 6) is 0.169. The fourth-order valence-electron chi connectivity index (χ4n) is 1.22. The number of benzene rings is 1. The van der Waals surface area contributed by atoms with E-state index in [1.54, 1.807) is 12.1 Å². The number of anilines is 1. The van der Waals surface area contributed by atoms with E-state index in [0.29, 0.717) is 20.8 Å². The average Bonchev–Trinajstić information content (AvgIpc) is 2.96. The first-order valence-electron chi connectivity index (χ1n) is 4.53. The molecule has 1 fully saturated rings. The first kappa shape index (κ1) is 11.1. The number of rotatable bonds is 2. The molecule has 0 heterocycles. The smallest absolute Gasteiger partial charge is 0.227 e. The van der Waals surface area contributed by atoms with Gasteiger partial charge in [-0.2, -0.15) is 0 Å². The molecule has 0 atom stereocenters. The van der Waals surface area contributed by atoms with Crippen LogP contribution in [0, 0.1) is 5.92 Å². The molecule has 0 spiro atoms. The van der Waals surface area contributed by atoms with Crippen molar-refractivity contribution in [1.82, 2.24) is 0 Å². The van der Waals surface area contributed by atoms with Gasteiger partial charge >= 0.3 is 0 Å². The zero-order chi connectivity index (χ0) is 11.0. The minimum absolute atomic E-state index is 0.0180. The van der Waals surface area contributed by atoms with Crippen LogP contribution in [0.2, 0.25) is 15.1 Å². The number of hydrogen-bond acceptors (Lipinski definition) is 1. The second kappa shape index (κ2) is 4.20. The minimum Gasteiger partial charge on any atom is -0.326 e. The lowest BCUT2D eigenvalue weighted by atomic mass is 10.3. The Kier molecular flexibility index (Phi) is 3.10. The quantitative estimate of drug-likeness (QED) is 0.804. The highest BCUT2D eigenvalue weighted by Crippen LogP contribution is 2.35. The Balaban J connectivity index is 2.17. The molecule has 0 bridgehead atoms. The van der Waals surface area contributed by atoms with Crippen LogP contribution < -0.4 is 5.32 Å². The molecular formula is C10H8Cl3NO. The summed E-state index contributed by atoms with van der Waals surface area (Å²) in [6.07, 6.45) is 1.92. The molecule has 15 heavy (non-hydrogen) atoms. The summed E-state index contributed by atoms with van der Waals surface area (Å²) in [7, 11) is 0. The van der Waals surface area contributed by atoms with Gasteiger partial charge in [0.15, 0.2) is 0 Å². The highest BCUT2D eigenvalue weighted by atomic mass is 35.5. The molecule has 0 aromatic heterocycles. The summed E-state index contributed by atoms with van der Waals surface area (Å²) < 4.78 is 0. The maximum atomic E-state index is 11.5. The summed E-state index contributed by atoms with van der Waals surface area (Å²) in [6.45, 7) is 0. The molecule has 0 aliphatic heterocycles. The van der Waals surface area contributed by atoms with Crippen molar-refractivity contribution in [2.75, 3.05) is 5.32 Å². The molecule has 5 heteroatoms. The number of carbonyl (C=O) groups is 1. The van der Waals surface area contributed by atoms with Crippen LogP contribution >= 0.6 is 34.8 Å². The van der Waals surface area contributed by atoms with Crippen LogP contribution in [-0.2, 0) is 4.79 Å². The van der Waals surface area contributed by atoms with Gasteiger partial charge in [-0.05, 0) is 25.0 Å². The van der Waals surface area contributed by atoms with Crippen molar-refractivity contribution in [3.8, 4) is 0 Å². The molecule has 1 aliphatic carbocycles. The van der Waals surface area contributed by atoms with Gasteiger partial charge in [0, 0.05) is 11.6 Å². The van der Waals surface area contributed by atoms with Crippen LogP contribution in [0.5, 0.6) is 0 Å². The van der Waals surface area contributed by atoms with Gasteiger partial charge in [0.05, 0.1) is 15.1 Å².